The second-order valence-electron chi connectivity index (χ2n) is 3.81. The van der Waals surface area contributed by atoms with Crippen LogP contribution < -0.4 is 11.1 Å². The maximum atomic E-state index is 11.6. The molecule has 1 unspecified atom stereocenters. The smallest absolute Gasteiger partial charge is 0.241 e. The molecule has 1 atom stereocenters. The molecule has 3 N–H and O–H groups in total. The van der Waals surface area contributed by atoms with Crippen molar-refractivity contribution in [1.29, 1.82) is 0 Å². The number of nitrogens with two attached hydrogens (primary N) is 1. The van der Waals surface area contributed by atoms with Crippen molar-refractivity contribution in [3.05, 3.63) is 12.3 Å². The van der Waals surface area contributed by atoms with E-state index in [0.717, 1.165) is 0 Å². The lowest BCUT2D eigenvalue weighted by molar-refractivity contribution is -0.124. The van der Waals surface area contributed by atoms with Gasteiger partial charge < -0.3 is 20.5 Å². The van der Waals surface area contributed by atoms with Crippen LogP contribution in [-0.4, -0.2) is 48.2 Å². The molecule has 0 saturated carbocycles. The Morgan fingerprint density at radius 1 is 1.65 bits per heavy atom. The highest BCUT2D eigenvalue weighted by Crippen LogP contribution is 1.99. The molecule has 7 nitrogen and oxygen atoms in total. The van der Waals surface area contributed by atoms with Crippen LogP contribution in [-0.2, 0) is 20.8 Å². The van der Waals surface area contributed by atoms with Crippen LogP contribution in [0.15, 0.2) is 12.3 Å². The fraction of sp³-hybridized carbons (Fsp3) is 0.600. The molecule has 1 aromatic rings. The Morgan fingerprint density at radius 3 is 3.18 bits per heavy atom. The van der Waals surface area contributed by atoms with Gasteiger partial charge in [0.15, 0.2) is 0 Å². The highest BCUT2D eigenvalue weighted by molar-refractivity contribution is 5.75. The van der Waals surface area contributed by atoms with Gasteiger partial charge in [0.25, 0.3) is 0 Å². The molecule has 0 spiro atoms. The van der Waals surface area contributed by atoms with Crippen LogP contribution in [0.2, 0.25) is 0 Å². The molecular weight excluding hydrogens is 224 g/mol. The summed E-state index contributed by atoms with van der Waals surface area (Å²) in [7, 11) is 0. The minimum atomic E-state index is -0.123. The van der Waals surface area contributed by atoms with E-state index in [9.17, 15) is 4.79 Å². The number of nitrogens with zero attached hydrogens (tertiary/aromatic N) is 2. The molecule has 1 saturated heterocycles. The second kappa shape index (κ2) is 5.65. The van der Waals surface area contributed by atoms with E-state index in [-0.39, 0.29) is 18.6 Å². The number of amides is 1. The largest absolute Gasteiger partial charge is 0.382 e. The number of hydrogen-bond acceptors (Lipinski definition) is 5. The zero-order chi connectivity index (χ0) is 12.1. The van der Waals surface area contributed by atoms with Crippen LogP contribution in [0.5, 0.6) is 0 Å². The molecule has 1 fully saturated rings. The van der Waals surface area contributed by atoms with Gasteiger partial charge in [0, 0.05) is 12.7 Å². The minimum absolute atomic E-state index is 0.0598. The summed E-state index contributed by atoms with van der Waals surface area (Å²) in [5.41, 5.74) is 5.45. The van der Waals surface area contributed by atoms with Crippen molar-refractivity contribution in [2.24, 2.45) is 0 Å². The molecule has 0 aromatic carbocycles. The topological polar surface area (TPSA) is 91.4 Å². The van der Waals surface area contributed by atoms with E-state index in [1.165, 1.54) is 4.68 Å². The molecule has 0 aliphatic carbocycles. The molecule has 1 aliphatic heterocycles. The first-order chi connectivity index (χ1) is 8.24. The number of nitrogen functional groups attached to an aromatic ring is 1. The second-order valence-corrected chi connectivity index (χ2v) is 3.81. The lowest BCUT2D eigenvalue weighted by Crippen LogP contribution is -2.40. The Hall–Kier alpha value is -1.60. The van der Waals surface area contributed by atoms with Crippen LogP contribution in [0.3, 0.4) is 0 Å². The number of nitrogens with one attached hydrogen (secondary N) is 1. The maximum Gasteiger partial charge on any atom is 0.241 e. The summed E-state index contributed by atoms with van der Waals surface area (Å²) < 4.78 is 12.1. The number of ether oxygens (including phenoxy) is 2. The van der Waals surface area contributed by atoms with Crippen molar-refractivity contribution in [2.75, 3.05) is 32.1 Å². The van der Waals surface area contributed by atoms with E-state index in [4.69, 9.17) is 15.2 Å². The number of hydrogen-bond donors (Lipinski definition) is 2. The first kappa shape index (κ1) is 11.9. The highest BCUT2D eigenvalue weighted by Gasteiger charge is 2.15. The average molecular weight is 240 g/mol. The van der Waals surface area contributed by atoms with E-state index in [0.29, 0.717) is 32.2 Å². The molecule has 2 heterocycles. The fourth-order valence-electron chi connectivity index (χ4n) is 1.55. The Labute approximate surface area is 98.9 Å². The number of aromatic nitrogens is 2. The number of anilines is 1. The SMILES string of the molecule is Nc1ccn(CC(=O)NCC2COCCO2)n1. The van der Waals surface area contributed by atoms with Gasteiger partial charge in [0.1, 0.15) is 12.4 Å². The third kappa shape index (κ3) is 3.72. The maximum absolute atomic E-state index is 11.6. The van der Waals surface area contributed by atoms with E-state index in [1.807, 2.05) is 0 Å². The molecule has 7 heteroatoms. The predicted octanol–water partition coefficient (Wildman–Crippen LogP) is -1.00. The van der Waals surface area contributed by atoms with E-state index >= 15 is 0 Å². The summed E-state index contributed by atoms with van der Waals surface area (Å²) in [5, 5.41) is 6.69. The van der Waals surface area contributed by atoms with Crippen molar-refractivity contribution < 1.29 is 14.3 Å². The summed E-state index contributed by atoms with van der Waals surface area (Å²) in [5.74, 6) is 0.282. The Morgan fingerprint density at radius 2 is 2.53 bits per heavy atom. The van der Waals surface area contributed by atoms with E-state index < -0.39 is 0 Å². The van der Waals surface area contributed by atoms with Gasteiger partial charge in [-0.15, -0.1) is 0 Å². The number of rotatable bonds is 4. The Bertz CT molecular complexity index is 373. The lowest BCUT2D eigenvalue weighted by Gasteiger charge is -2.23. The molecule has 94 valence electrons. The van der Waals surface area contributed by atoms with E-state index in [2.05, 4.69) is 10.4 Å². The Balaban J connectivity index is 1.70. The monoisotopic (exact) mass is 240 g/mol. The normalized spacial score (nSPS) is 20.1. The number of carbonyl (C=O) groups excluding carboxylic acids is 1. The van der Waals surface area contributed by atoms with Crippen molar-refractivity contribution in [3.63, 3.8) is 0 Å². The summed E-state index contributed by atoms with van der Waals surface area (Å²) in [4.78, 5) is 11.6. The molecule has 0 radical (unpaired) electrons. The number of carbonyl (C=O) groups is 1. The predicted molar refractivity (Wildman–Crippen MR) is 60.2 cm³/mol. The van der Waals surface area contributed by atoms with Gasteiger partial charge in [-0.25, -0.2) is 0 Å². The van der Waals surface area contributed by atoms with Gasteiger partial charge in [0.05, 0.1) is 25.9 Å². The summed E-state index contributed by atoms with van der Waals surface area (Å²) in [6.45, 7) is 2.34. The molecule has 2 rings (SSSR count). The van der Waals surface area contributed by atoms with Gasteiger partial charge >= 0.3 is 0 Å². The molecule has 1 aromatic heterocycles. The average Bonchev–Trinajstić information content (AvgIpc) is 2.73. The summed E-state index contributed by atoms with van der Waals surface area (Å²) >= 11 is 0. The molecular formula is C10H16N4O3. The van der Waals surface area contributed by atoms with Gasteiger partial charge in [-0.05, 0) is 6.07 Å². The molecule has 1 aliphatic rings. The fourth-order valence-corrected chi connectivity index (χ4v) is 1.55. The third-order valence-electron chi connectivity index (χ3n) is 2.38. The summed E-state index contributed by atoms with van der Waals surface area (Å²) in [6, 6.07) is 1.64. The van der Waals surface area contributed by atoms with Crippen molar-refractivity contribution in [1.82, 2.24) is 15.1 Å². The first-order valence-corrected chi connectivity index (χ1v) is 5.49. The Kier molecular flexibility index (Phi) is 3.94. The van der Waals surface area contributed by atoms with Gasteiger partial charge in [-0.3, -0.25) is 9.48 Å². The van der Waals surface area contributed by atoms with Gasteiger partial charge in [0.2, 0.25) is 5.91 Å². The van der Waals surface area contributed by atoms with E-state index in [1.54, 1.807) is 12.3 Å². The zero-order valence-corrected chi connectivity index (χ0v) is 9.46. The van der Waals surface area contributed by atoms with Crippen LogP contribution in [0.25, 0.3) is 0 Å². The first-order valence-electron chi connectivity index (χ1n) is 5.49. The van der Waals surface area contributed by atoms with Crippen LogP contribution >= 0.6 is 0 Å². The van der Waals surface area contributed by atoms with Crippen LogP contribution in [0.1, 0.15) is 0 Å². The minimum Gasteiger partial charge on any atom is -0.382 e. The molecule has 17 heavy (non-hydrogen) atoms. The third-order valence-corrected chi connectivity index (χ3v) is 2.38. The van der Waals surface area contributed by atoms with Crippen molar-refractivity contribution in [3.8, 4) is 0 Å². The lowest BCUT2D eigenvalue weighted by atomic mass is 10.3. The highest BCUT2D eigenvalue weighted by atomic mass is 16.6. The quantitative estimate of drug-likeness (QED) is 0.704. The van der Waals surface area contributed by atoms with Gasteiger partial charge in [-0.2, -0.15) is 5.10 Å². The summed E-state index contributed by atoms with van der Waals surface area (Å²) in [6.07, 6.45) is 1.60. The molecule has 1 amide bonds. The van der Waals surface area contributed by atoms with Crippen LogP contribution in [0, 0.1) is 0 Å². The van der Waals surface area contributed by atoms with Crippen molar-refractivity contribution >= 4 is 11.7 Å². The van der Waals surface area contributed by atoms with Gasteiger partial charge in [-0.1, -0.05) is 0 Å². The van der Waals surface area contributed by atoms with Crippen LogP contribution in [0.4, 0.5) is 5.82 Å². The van der Waals surface area contributed by atoms with Crippen molar-refractivity contribution in [2.45, 2.75) is 12.6 Å². The molecule has 0 bridgehead atoms. The zero-order valence-electron chi connectivity index (χ0n) is 9.46. The standard InChI is InChI=1S/C10H16N4O3/c11-9-1-2-14(13-9)6-10(15)12-5-8-7-16-3-4-17-8/h1-2,8H,3-7H2,(H2,11,13)(H,12,15).